The summed E-state index contributed by atoms with van der Waals surface area (Å²) in [5, 5.41) is -0.151. The summed E-state index contributed by atoms with van der Waals surface area (Å²) in [4.78, 5) is 0. The summed E-state index contributed by atoms with van der Waals surface area (Å²) in [6.45, 7) is 0.587. The number of nitrogens with one attached hydrogen (secondary N) is 1. The van der Waals surface area contributed by atoms with E-state index in [2.05, 4.69) is 5.43 Å². The molecule has 1 rings (SSSR count). The van der Waals surface area contributed by atoms with E-state index in [4.69, 9.17) is 5.84 Å². The molecule has 0 radical (unpaired) electrons. The molecule has 0 bridgehead atoms. The molecule has 1 aliphatic heterocycles. The van der Waals surface area contributed by atoms with E-state index in [9.17, 15) is 8.42 Å². The number of hydrogen-bond acceptors (Lipinski definition) is 4. The fourth-order valence-electron chi connectivity index (χ4n) is 1.59. The van der Waals surface area contributed by atoms with Gasteiger partial charge in [0.2, 0.25) is 0 Å². The molecular formula is C7H16N2O2S. The lowest BCUT2D eigenvalue weighted by Gasteiger charge is -2.21. The zero-order valence-electron chi connectivity index (χ0n) is 7.12. The zero-order valence-corrected chi connectivity index (χ0v) is 7.94. The van der Waals surface area contributed by atoms with Crippen molar-refractivity contribution in [1.82, 2.24) is 5.43 Å². The Morgan fingerprint density at radius 3 is 2.75 bits per heavy atom. The minimum Gasteiger partial charge on any atom is -0.271 e. The summed E-state index contributed by atoms with van der Waals surface area (Å²) < 4.78 is 22.8. The van der Waals surface area contributed by atoms with Gasteiger partial charge in [-0.2, -0.15) is 0 Å². The van der Waals surface area contributed by atoms with Crippen LogP contribution in [0, 0.1) is 0 Å². The van der Waals surface area contributed by atoms with E-state index in [-0.39, 0.29) is 5.25 Å². The molecule has 1 fully saturated rings. The quantitative estimate of drug-likeness (QED) is 0.480. The summed E-state index contributed by atoms with van der Waals surface area (Å²) in [6.07, 6.45) is 3.33. The number of rotatable bonds is 3. The first-order valence-electron chi connectivity index (χ1n) is 4.32. The molecule has 0 amide bonds. The molecule has 0 aromatic heterocycles. The van der Waals surface area contributed by atoms with Gasteiger partial charge in [-0.05, 0) is 19.3 Å². The third-order valence-electron chi connectivity index (χ3n) is 2.32. The standard InChI is InChI=1S/C7H16N2O2S/c8-9-5-4-7-3-1-2-6-12(7,10)11/h7,9H,1-6,8H2. The highest BCUT2D eigenvalue weighted by molar-refractivity contribution is 7.92. The van der Waals surface area contributed by atoms with Crippen LogP contribution in [0.3, 0.4) is 0 Å². The van der Waals surface area contributed by atoms with Gasteiger partial charge in [-0.3, -0.25) is 11.3 Å². The lowest BCUT2D eigenvalue weighted by molar-refractivity contribution is 0.518. The van der Waals surface area contributed by atoms with Crippen molar-refractivity contribution < 1.29 is 8.42 Å². The summed E-state index contributed by atoms with van der Waals surface area (Å²) in [7, 11) is -2.79. The van der Waals surface area contributed by atoms with Gasteiger partial charge in [0.1, 0.15) is 0 Å². The van der Waals surface area contributed by atoms with Gasteiger partial charge in [0.05, 0.1) is 11.0 Å². The second-order valence-corrected chi connectivity index (χ2v) is 5.63. The molecule has 72 valence electrons. The van der Waals surface area contributed by atoms with E-state index >= 15 is 0 Å². The van der Waals surface area contributed by atoms with Gasteiger partial charge in [-0.15, -0.1) is 0 Å². The summed E-state index contributed by atoms with van der Waals surface area (Å²) in [6, 6.07) is 0. The van der Waals surface area contributed by atoms with E-state index in [0.29, 0.717) is 18.7 Å². The maximum Gasteiger partial charge on any atom is 0.153 e. The van der Waals surface area contributed by atoms with Gasteiger partial charge in [-0.25, -0.2) is 8.42 Å². The topological polar surface area (TPSA) is 72.2 Å². The molecule has 0 aliphatic carbocycles. The Morgan fingerprint density at radius 2 is 2.17 bits per heavy atom. The van der Waals surface area contributed by atoms with Crippen molar-refractivity contribution in [3.63, 3.8) is 0 Å². The van der Waals surface area contributed by atoms with Crippen molar-refractivity contribution >= 4 is 9.84 Å². The van der Waals surface area contributed by atoms with Crippen molar-refractivity contribution in [2.75, 3.05) is 12.3 Å². The lowest BCUT2D eigenvalue weighted by Crippen LogP contribution is -2.33. The molecule has 12 heavy (non-hydrogen) atoms. The maximum absolute atomic E-state index is 11.4. The molecule has 1 saturated heterocycles. The van der Waals surface area contributed by atoms with Crippen molar-refractivity contribution in [3.05, 3.63) is 0 Å². The van der Waals surface area contributed by atoms with Gasteiger partial charge >= 0.3 is 0 Å². The third kappa shape index (κ3) is 2.43. The second-order valence-electron chi connectivity index (χ2n) is 3.23. The van der Waals surface area contributed by atoms with E-state index in [1.165, 1.54) is 0 Å². The molecular weight excluding hydrogens is 176 g/mol. The SMILES string of the molecule is NNCCC1CCCCS1(=O)=O. The first-order valence-corrected chi connectivity index (χ1v) is 6.03. The maximum atomic E-state index is 11.4. The van der Waals surface area contributed by atoms with Crippen LogP contribution in [0.15, 0.2) is 0 Å². The van der Waals surface area contributed by atoms with Gasteiger partial charge in [0.25, 0.3) is 0 Å². The van der Waals surface area contributed by atoms with E-state index < -0.39 is 9.84 Å². The normalized spacial score (nSPS) is 28.6. The molecule has 4 nitrogen and oxygen atoms in total. The van der Waals surface area contributed by atoms with Crippen LogP contribution >= 0.6 is 0 Å². The molecule has 3 N–H and O–H groups in total. The first-order chi connectivity index (χ1) is 5.67. The van der Waals surface area contributed by atoms with Crippen LogP contribution in [0.1, 0.15) is 25.7 Å². The highest BCUT2D eigenvalue weighted by Gasteiger charge is 2.27. The Balaban J connectivity index is 2.49. The van der Waals surface area contributed by atoms with Crippen molar-refractivity contribution in [2.24, 2.45) is 5.84 Å². The Bertz CT molecular complexity index is 226. The summed E-state index contributed by atoms with van der Waals surface area (Å²) in [5.74, 6) is 5.45. The average molecular weight is 192 g/mol. The molecule has 1 atom stereocenters. The predicted molar refractivity (Wildman–Crippen MR) is 48.2 cm³/mol. The summed E-state index contributed by atoms with van der Waals surface area (Å²) >= 11 is 0. The Morgan fingerprint density at radius 1 is 1.42 bits per heavy atom. The van der Waals surface area contributed by atoms with Gasteiger partial charge in [-0.1, -0.05) is 6.42 Å². The lowest BCUT2D eigenvalue weighted by atomic mass is 10.1. The van der Waals surface area contributed by atoms with Crippen LogP contribution in [0.2, 0.25) is 0 Å². The highest BCUT2D eigenvalue weighted by atomic mass is 32.2. The predicted octanol–water partition coefficient (Wildman–Crippen LogP) is -0.193. The van der Waals surface area contributed by atoms with E-state index in [1.54, 1.807) is 0 Å². The molecule has 0 aromatic rings. The van der Waals surface area contributed by atoms with Gasteiger partial charge in [0, 0.05) is 6.54 Å². The minimum absolute atomic E-state index is 0.151. The summed E-state index contributed by atoms with van der Waals surface area (Å²) in [5.41, 5.74) is 2.49. The monoisotopic (exact) mass is 192 g/mol. The zero-order chi connectivity index (χ0) is 9.03. The smallest absolute Gasteiger partial charge is 0.153 e. The van der Waals surface area contributed by atoms with Crippen molar-refractivity contribution in [1.29, 1.82) is 0 Å². The second kappa shape index (κ2) is 4.20. The van der Waals surface area contributed by atoms with Crippen molar-refractivity contribution in [3.8, 4) is 0 Å². The van der Waals surface area contributed by atoms with Gasteiger partial charge < -0.3 is 0 Å². The van der Waals surface area contributed by atoms with E-state index in [1.807, 2.05) is 0 Å². The minimum atomic E-state index is -2.79. The molecule has 0 spiro atoms. The Hall–Kier alpha value is -0.130. The highest BCUT2D eigenvalue weighted by Crippen LogP contribution is 2.21. The number of nitrogens with two attached hydrogens (primary N) is 1. The van der Waals surface area contributed by atoms with Gasteiger partial charge in [0.15, 0.2) is 9.84 Å². The molecule has 1 unspecified atom stereocenters. The van der Waals surface area contributed by atoms with Crippen molar-refractivity contribution in [2.45, 2.75) is 30.9 Å². The van der Waals surface area contributed by atoms with Crippen LogP contribution in [-0.4, -0.2) is 26.0 Å². The number of hydrogen-bond donors (Lipinski definition) is 2. The fraction of sp³-hybridized carbons (Fsp3) is 1.00. The average Bonchev–Trinajstić information content (AvgIpc) is 2.02. The van der Waals surface area contributed by atoms with Crippen LogP contribution in [0.4, 0.5) is 0 Å². The Labute approximate surface area is 73.4 Å². The number of sulfone groups is 1. The first kappa shape index (κ1) is 9.95. The largest absolute Gasteiger partial charge is 0.271 e. The molecule has 0 saturated carbocycles. The van der Waals surface area contributed by atoms with E-state index in [0.717, 1.165) is 19.3 Å². The fourth-order valence-corrected chi connectivity index (χ4v) is 3.53. The van der Waals surface area contributed by atoms with Crippen LogP contribution < -0.4 is 11.3 Å². The number of hydrazine groups is 1. The van der Waals surface area contributed by atoms with Crippen LogP contribution in [0.5, 0.6) is 0 Å². The van der Waals surface area contributed by atoms with Crippen LogP contribution in [0.25, 0.3) is 0 Å². The Kier molecular flexibility index (Phi) is 3.49. The molecule has 5 heteroatoms. The molecule has 1 heterocycles. The van der Waals surface area contributed by atoms with Crippen LogP contribution in [-0.2, 0) is 9.84 Å². The molecule has 1 aliphatic rings. The third-order valence-corrected chi connectivity index (χ3v) is 4.67. The molecule has 0 aromatic carbocycles.